The molecule has 2 fully saturated rings. The first-order valence-electron chi connectivity index (χ1n) is 5.87. The van der Waals surface area contributed by atoms with E-state index in [2.05, 4.69) is 10.2 Å². The Morgan fingerprint density at radius 2 is 2.00 bits per heavy atom. The highest BCUT2D eigenvalue weighted by atomic mass is 32.2. The van der Waals surface area contributed by atoms with Crippen LogP contribution < -0.4 is 5.73 Å². The van der Waals surface area contributed by atoms with E-state index in [0.717, 1.165) is 25.7 Å². The molecule has 0 radical (unpaired) electrons. The summed E-state index contributed by atoms with van der Waals surface area (Å²) in [7, 11) is -3.42. The Bertz CT molecular complexity index is 484. The minimum absolute atomic E-state index is 0.0667. The Morgan fingerprint density at radius 1 is 1.35 bits per heavy atom. The van der Waals surface area contributed by atoms with Crippen molar-refractivity contribution in [3.63, 3.8) is 0 Å². The Labute approximate surface area is 100 Å². The van der Waals surface area contributed by atoms with Gasteiger partial charge in [0.15, 0.2) is 5.03 Å². The molecule has 3 rings (SSSR count). The number of sulfonamides is 1. The van der Waals surface area contributed by atoms with Gasteiger partial charge in [-0.2, -0.15) is 9.40 Å². The molecule has 2 unspecified atom stereocenters. The van der Waals surface area contributed by atoms with Crippen molar-refractivity contribution in [2.75, 3.05) is 0 Å². The molecule has 17 heavy (non-hydrogen) atoms. The second kappa shape index (κ2) is 3.79. The zero-order valence-corrected chi connectivity index (χ0v) is 10.2. The molecule has 0 aliphatic carbocycles. The molecule has 0 aromatic carbocycles. The molecule has 94 valence electrons. The molecule has 2 bridgehead atoms. The van der Waals surface area contributed by atoms with Crippen molar-refractivity contribution in [1.82, 2.24) is 14.5 Å². The maximum atomic E-state index is 12.4. The molecule has 1 aromatic heterocycles. The van der Waals surface area contributed by atoms with Crippen molar-refractivity contribution in [2.45, 2.75) is 48.8 Å². The van der Waals surface area contributed by atoms with Crippen molar-refractivity contribution >= 4 is 10.0 Å². The van der Waals surface area contributed by atoms with Gasteiger partial charge in [-0.3, -0.25) is 5.10 Å². The average Bonchev–Trinajstić information content (AvgIpc) is 2.86. The Kier molecular flexibility index (Phi) is 2.49. The van der Waals surface area contributed by atoms with Crippen LogP contribution in [0.25, 0.3) is 0 Å². The number of fused-ring (bicyclic) bond motifs is 2. The van der Waals surface area contributed by atoms with Gasteiger partial charge in [0.25, 0.3) is 10.0 Å². The summed E-state index contributed by atoms with van der Waals surface area (Å²) in [5.74, 6) is 0. The highest BCUT2D eigenvalue weighted by Gasteiger charge is 2.46. The number of hydrogen-bond donors (Lipinski definition) is 2. The smallest absolute Gasteiger partial charge is 0.260 e. The fourth-order valence-corrected chi connectivity index (χ4v) is 4.86. The third-order valence-electron chi connectivity index (χ3n) is 3.73. The fourth-order valence-electron chi connectivity index (χ4n) is 3.07. The predicted molar refractivity (Wildman–Crippen MR) is 61.6 cm³/mol. The summed E-state index contributed by atoms with van der Waals surface area (Å²) in [4.78, 5) is 0. The average molecular weight is 256 g/mol. The number of rotatable bonds is 2. The second-order valence-corrected chi connectivity index (χ2v) is 6.68. The SMILES string of the molecule is NC1CC2CCC(C1)N2S(=O)(=O)c1ccn[nH]1. The summed E-state index contributed by atoms with van der Waals surface area (Å²) < 4.78 is 26.5. The van der Waals surface area contributed by atoms with Crippen molar-refractivity contribution in [3.8, 4) is 0 Å². The summed E-state index contributed by atoms with van der Waals surface area (Å²) >= 11 is 0. The summed E-state index contributed by atoms with van der Waals surface area (Å²) in [6, 6.07) is 1.78. The van der Waals surface area contributed by atoms with Gasteiger partial charge in [0.05, 0.1) is 6.20 Å². The van der Waals surface area contributed by atoms with Crippen LogP contribution in [0, 0.1) is 0 Å². The topological polar surface area (TPSA) is 92.1 Å². The molecule has 2 atom stereocenters. The van der Waals surface area contributed by atoms with Crippen molar-refractivity contribution < 1.29 is 8.42 Å². The van der Waals surface area contributed by atoms with Gasteiger partial charge in [0.1, 0.15) is 0 Å². The lowest BCUT2D eigenvalue weighted by atomic mass is 10.0. The van der Waals surface area contributed by atoms with Gasteiger partial charge in [-0.25, -0.2) is 8.42 Å². The van der Waals surface area contributed by atoms with Gasteiger partial charge in [0.2, 0.25) is 0 Å². The lowest BCUT2D eigenvalue weighted by Gasteiger charge is -2.36. The molecule has 6 nitrogen and oxygen atoms in total. The first-order chi connectivity index (χ1) is 8.09. The van der Waals surface area contributed by atoms with E-state index in [4.69, 9.17) is 5.73 Å². The molecule has 3 heterocycles. The molecular formula is C10H16N4O2S. The lowest BCUT2D eigenvalue weighted by molar-refractivity contribution is 0.226. The molecule has 1 aromatic rings. The van der Waals surface area contributed by atoms with E-state index in [1.165, 1.54) is 12.3 Å². The third kappa shape index (κ3) is 1.69. The van der Waals surface area contributed by atoms with E-state index in [9.17, 15) is 8.42 Å². The first kappa shape index (κ1) is 11.2. The zero-order valence-electron chi connectivity index (χ0n) is 9.41. The fraction of sp³-hybridized carbons (Fsp3) is 0.700. The van der Waals surface area contributed by atoms with E-state index in [0.29, 0.717) is 0 Å². The molecule has 0 amide bonds. The number of nitrogens with two attached hydrogens (primary N) is 1. The van der Waals surface area contributed by atoms with Gasteiger partial charge in [0, 0.05) is 18.1 Å². The number of nitrogens with zero attached hydrogens (tertiary/aromatic N) is 2. The highest BCUT2D eigenvalue weighted by molar-refractivity contribution is 7.89. The highest BCUT2D eigenvalue weighted by Crippen LogP contribution is 2.38. The monoisotopic (exact) mass is 256 g/mol. The van der Waals surface area contributed by atoms with Crippen LogP contribution in [0.1, 0.15) is 25.7 Å². The maximum Gasteiger partial charge on any atom is 0.260 e. The number of hydrogen-bond acceptors (Lipinski definition) is 4. The number of piperidine rings is 1. The molecule has 2 aliphatic rings. The van der Waals surface area contributed by atoms with Crippen LogP contribution in [-0.4, -0.2) is 41.0 Å². The van der Waals surface area contributed by atoms with Crippen LogP contribution in [0.2, 0.25) is 0 Å². The van der Waals surface area contributed by atoms with Crippen LogP contribution in [0.15, 0.2) is 17.3 Å². The summed E-state index contributed by atoms with van der Waals surface area (Å²) in [5.41, 5.74) is 5.94. The van der Waals surface area contributed by atoms with Crippen LogP contribution in [-0.2, 0) is 10.0 Å². The summed E-state index contributed by atoms with van der Waals surface area (Å²) in [5, 5.41) is 6.44. The van der Waals surface area contributed by atoms with Crippen molar-refractivity contribution in [2.24, 2.45) is 5.73 Å². The van der Waals surface area contributed by atoms with E-state index in [1.807, 2.05) is 0 Å². The standard InChI is InChI=1S/C10H16N4O2S/c11-7-5-8-1-2-9(6-7)14(8)17(15,16)10-3-4-12-13-10/h3-4,7-9H,1-2,5-6,11H2,(H,12,13). The Hall–Kier alpha value is -0.920. The molecule has 2 aliphatic heterocycles. The van der Waals surface area contributed by atoms with E-state index in [-0.39, 0.29) is 23.2 Å². The maximum absolute atomic E-state index is 12.4. The Balaban J connectivity index is 1.96. The summed E-state index contributed by atoms with van der Waals surface area (Å²) in [6.07, 6.45) is 4.84. The quantitative estimate of drug-likeness (QED) is 0.782. The number of aromatic amines is 1. The number of aromatic nitrogens is 2. The molecule has 3 N–H and O–H groups in total. The van der Waals surface area contributed by atoms with E-state index >= 15 is 0 Å². The van der Waals surface area contributed by atoms with Crippen molar-refractivity contribution in [3.05, 3.63) is 12.3 Å². The molecule has 0 spiro atoms. The van der Waals surface area contributed by atoms with Crippen LogP contribution in [0.3, 0.4) is 0 Å². The minimum atomic E-state index is -3.42. The molecule has 7 heteroatoms. The zero-order chi connectivity index (χ0) is 12.0. The lowest BCUT2D eigenvalue weighted by Crippen LogP contribution is -2.50. The Morgan fingerprint density at radius 3 is 2.53 bits per heavy atom. The van der Waals surface area contributed by atoms with Gasteiger partial charge in [-0.05, 0) is 31.7 Å². The summed E-state index contributed by atoms with van der Waals surface area (Å²) in [6.45, 7) is 0. The molecule has 2 saturated heterocycles. The first-order valence-corrected chi connectivity index (χ1v) is 7.31. The predicted octanol–water partition coefficient (Wildman–Crippen LogP) is 0.0525. The van der Waals surface area contributed by atoms with Crippen LogP contribution in [0.5, 0.6) is 0 Å². The third-order valence-corrected chi connectivity index (χ3v) is 5.67. The van der Waals surface area contributed by atoms with Gasteiger partial charge in [-0.15, -0.1) is 0 Å². The minimum Gasteiger partial charge on any atom is -0.328 e. The van der Waals surface area contributed by atoms with Gasteiger partial charge >= 0.3 is 0 Å². The molecular weight excluding hydrogens is 240 g/mol. The largest absolute Gasteiger partial charge is 0.328 e. The molecule has 0 saturated carbocycles. The second-order valence-electron chi connectivity index (χ2n) is 4.87. The van der Waals surface area contributed by atoms with Gasteiger partial charge in [-0.1, -0.05) is 0 Å². The van der Waals surface area contributed by atoms with Gasteiger partial charge < -0.3 is 5.73 Å². The number of nitrogens with one attached hydrogen (secondary N) is 1. The normalized spacial score (nSPS) is 34.1. The van der Waals surface area contributed by atoms with Crippen LogP contribution in [0.4, 0.5) is 0 Å². The number of H-pyrrole nitrogens is 1. The van der Waals surface area contributed by atoms with Crippen LogP contribution >= 0.6 is 0 Å². The van der Waals surface area contributed by atoms with E-state index < -0.39 is 10.0 Å². The van der Waals surface area contributed by atoms with Crippen molar-refractivity contribution in [1.29, 1.82) is 0 Å². The van der Waals surface area contributed by atoms with E-state index in [1.54, 1.807) is 4.31 Å².